The van der Waals surface area contributed by atoms with Crippen LogP contribution in [0.25, 0.3) is 0 Å². The summed E-state index contributed by atoms with van der Waals surface area (Å²) in [5.74, 6) is -5.53. The number of carbonyl (C=O) groups excluding carboxylic acids is 6. The van der Waals surface area contributed by atoms with E-state index in [0.29, 0.717) is 0 Å². The summed E-state index contributed by atoms with van der Waals surface area (Å²) in [6, 6.07) is 0. The van der Waals surface area contributed by atoms with Gasteiger partial charge in [0.15, 0.2) is 18.3 Å². The second-order valence-electron chi connectivity index (χ2n) is 7.29. The Labute approximate surface area is 234 Å². The molecule has 40 heavy (non-hydrogen) atoms. The second kappa shape index (κ2) is 21.9. The van der Waals surface area contributed by atoms with Crippen LogP contribution in [-0.2, 0) is 70.8 Å². The summed E-state index contributed by atoms with van der Waals surface area (Å²) < 4.78 is 46.3. The lowest BCUT2D eigenvalue weighted by atomic mass is 10.2. The van der Waals surface area contributed by atoms with Gasteiger partial charge in [-0.15, -0.1) is 0 Å². The maximum absolute atomic E-state index is 12.6. The van der Waals surface area contributed by atoms with Gasteiger partial charge in [-0.2, -0.15) is 0 Å². The summed E-state index contributed by atoms with van der Waals surface area (Å²) in [7, 11) is -2.95. The molecule has 0 spiro atoms. The molecular weight excluding hydrogens is 559 g/mol. The highest BCUT2D eigenvalue weighted by Gasteiger charge is 2.39. The largest absolute Gasteiger partial charge is 0.466 e. The molecule has 0 N–H and O–H groups in total. The Morgan fingerprint density at radius 3 is 0.850 bits per heavy atom. The molecular formula is C24H39O15P. The number of ether oxygens (including phenoxy) is 6. The number of hydrogen-bond acceptors (Lipinski definition) is 15. The Hall–Kier alpha value is -2.87. The van der Waals surface area contributed by atoms with Crippen molar-refractivity contribution in [3.63, 3.8) is 0 Å². The standard InChI is InChI=1S/C24H39O15P/c1-7-31-19(25)13-16(22(28)34-10-4)37-40(38-17(23(29)35-11-5)14-20(26)32-8-2)39-18(24(30)36-12-6)15-21(27)33-9-3/h16-18H,7-15H2,1-6H3. The van der Waals surface area contributed by atoms with Crippen LogP contribution >= 0.6 is 8.60 Å². The van der Waals surface area contributed by atoms with E-state index in [2.05, 4.69) is 0 Å². The van der Waals surface area contributed by atoms with Gasteiger partial charge in [-0.1, -0.05) is 0 Å². The Bertz CT molecular complexity index is 713. The van der Waals surface area contributed by atoms with Gasteiger partial charge in [0.25, 0.3) is 0 Å². The van der Waals surface area contributed by atoms with Gasteiger partial charge >= 0.3 is 44.4 Å². The van der Waals surface area contributed by atoms with Crippen LogP contribution in [0.2, 0.25) is 0 Å². The fourth-order valence-electron chi connectivity index (χ4n) is 2.70. The highest BCUT2D eigenvalue weighted by atomic mass is 31.2. The van der Waals surface area contributed by atoms with E-state index in [1.54, 1.807) is 20.8 Å². The summed E-state index contributed by atoms with van der Waals surface area (Å²) in [5.41, 5.74) is 0. The zero-order valence-electron chi connectivity index (χ0n) is 23.7. The first-order valence-corrected chi connectivity index (χ1v) is 13.9. The van der Waals surface area contributed by atoms with Gasteiger partial charge in [0.2, 0.25) is 0 Å². The van der Waals surface area contributed by atoms with E-state index in [-0.39, 0.29) is 39.6 Å². The number of esters is 6. The fraction of sp³-hybridized carbons (Fsp3) is 0.750. The van der Waals surface area contributed by atoms with E-state index in [9.17, 15) is 28.8 Å². The summed E-state index contributed by atoms with van der Waals surface area (Å²) in [5, 5.41) is 0. The maximum atomic E-state index is 12.6. The molecule has 0 bridgehead atoms. The molecule has 0 aromatic carbocycles. The monoisotopic (exact) mass is 598 g/mol. The van der Waals surface area contributed by atoms with Crippen molar-refractivity contribution in [2.75, 3.05) is 39.6 Å². The van der Waals surface area contributed by atoms with Crippen molar-refractivity contribution < 1.29 is 70.8 Å². The minimum atomic E-state index is -2.95. The van der Waals surface area contributed by atoms with E-state index in [1.807, 2.05) is 0 Å². The molecule has 0 rings (SSSR count). The van der Waals surface area contributed by atoms with Crippen molar-refractivity contribution in [2.45, 2.75) is 79.1 Å². The highest BCUT2D eigenvalue weighted by molar-refractivity contribution is 7.41. The number of rotatable bonds is 21. The third-order valence-corrected chi connectivity index (χ3v) is 5.54. The summed E-state index contributed by atoms with van der Waals surface area (Å²) in [6.07, 6.45) is -6.99. The zero-order valence-corrected chi connectivity index (χ0v) is 24.6. The normalized spacial score (nSPS) is 13.7. The van der Waals surface area contributed by atoms with Crippen molar-refractivity contribution in [1.29, 1.82) is 0 Å². The first-order valence-electron chi connectivity index (χ1n) is 12.8. The Morgan fingerprint density at radius 1 is 0.425 bits per heavy atom. The average Bonchev–Trinajstić information content (AvgIpc) is 2.88. The molecule has 230 valence electrons. The summed E-state index contributed by atoms with van der Waals surface area (Å²) in [4.78, 5) is 74.3. The molecule has 0 aromatic heterocycles. The Balaban J connectivity index is 6.39. The van der Waals surface area contributed by atoms with Crippen LogP contribution in [0.3, 0.4) is 0 Å². The topological polar surface area (TPSA) is 185 Å². The van der Waals surface area contributed by atoms with Crippen molar-refractivity contribution in [2.24, 2.45) is 0 Å². The van der Waals surface area contributed by atoms with Gasteiger partial charge in [0.05, 0.1) is 58.9 Å². The predicted octanol–water partition coefficient (Wildman–Crippen LogP) is 1.92. The van der Waals surface area contributed by atoms with Crippen molar-refractivity contribution in [3.8, 4) is 0 Å². The van der Waals surface area contributed by atoms with Gasteiger partial charge in [-0.05, 0) is 41.5 Å². The number of hydrogen-bond donors (Lipinski definition) is 0. The third-order valence-electron chi connectivity index (χ3n) is 4.26. The van der Waals surface area contributed by atoms with Crippen LogP contribution in [-0.4, -0.2) is 93.8 Å². The molecule has 0 aromatic rings. The molecule has 0 fully saturated rings. The predicted molar refractivity (Wildman–Crippen MR) is 135 cm³/mol. The lowest BCUT2D eigenvalue weighted by Crippen LogP contribution is -2.34. The van der Waals surface area contributed by atoms with Gasteiger partial charge in [-0.3, -0.25) is 28.0 Å². The van der Waals surface area contributed by atoms with E-state index < -0.39 is 82.0 Å². The van der Waals surface area contributed by atoms with Crippen LogP contribution in [0.5, 0.6) is 0 Å². The molecule has 15 nitrogen and oxygen atoms in total. The molecule has 0 aliphatic rings. The second-order valence-corrected chi connectivity index (χ2v) is 8.37. The average molecular weight is 599 g/mol. The molecule has 0 amide bonds. The lowest BCUT2D eigenvalue weighted by Gasteiger charge is -2.27. The molecule has 0 radical (unpaired) electrons. The van der Waals surface area contributed by atoms with E-state index in [4.69, 9.17) is 42.0 Å². The molecule has 16 heteroatoms. The smallest absolute Gasteiger partial charge is 0.336 e. The van der Waals surface area contributed by atoms with Crippen LogP contribution in [0.4, 0.5) is 0 Å². The van der Waals surface area contributed by atoms with Gasteiger partial charge in [0, 0.05) is 0 Å². The first kappa shape index (κ1) is 37.1. The van der Waals surface area contributed by atoms with Crippen LogP contribution in [0.1, 0.15) is 60.8 Å². The van der Waals surface area contributed by atoms with Crippen molar-refractivity contribution in [1.82, 2.24) is 0 Å². The molecule has 0 saturated carbocycles. The first-order chi connectivity index (χ1) is 19.1. The number of carbonyl (C=O) groups is 6. The maximum Gasteiger partial charge on any atom is 0.336 e. The summed E-state index contributed by atoms with van der Waals surface area (Å²) >= 11 is 0. The van der Waals surface area contributed by atoms with Crippen LogP contribution in [0.15, 0.2) is 0 Å². The van der Waals surface area contributed by atoms with Crippen LogP contribution in [0, 0.1) is 0 Å². The fourth-order valence-corrected chi connectivity index (χ4v) is 3.95. The molecule has 0 saturated heterocycles. The third kappa shape index (κ3) is 15.7. The zero-order chi connectivity index (χ0) is 30.5. The minimum absolute atomic E-state index is 0.00505. The highest BCUT2D eigenvalue weighted by Crippen LogP contribution is 2.46. The van der Waals surface area contributed by atoms with Gasteiger partial charge in [0.1, 0.15) is 0 Å². The van der Waals surface area contributed by atoms with Gasteiger partial charge in [-0.25, -0.2) is 14.4 Å². The Morgan fingerprint density at radius 2 is 0.650 bits per heavy atom. The molecule has 3 unspecified atom stereocenters. The minimum Gasteiger partial charge on any atom is -0.466 e. The molecule has 0 heterocycles. The summed E-state index contributed by atoms with van der Waals surface area (Å²) in [6.45, 7) is 8.98. The molecule has 3 atom stereocenters. The van der Waals surface area contributed by atoms with Crippen LogP contribution < -0.4 is 0 Å². The SMILES string of the molecule is CCOC(=O)CC(OP(OC(CC(=O)OCC)C(=O)OCC)OC(CC(=O)OCC)C(=O)OCC)C(=O)OCC. The lowest BCUT2D eigenvalue weighted by molar-refractivity contribution is -0.164. The molecule has 0 aliphatic carbocycles. The van der Waals surface area contributed by atoms with E-state index in [1.165, 1.54) is 20.8 Å². The van der Waals surface area contributed by atoms with E-state index in [0.717, 1.165) is 0 Å². The van der Waals surface area contributed by atoms with Crippen molar-refractivity contribution >= 4 is 44.4 Å². The Kier molecular flexibility index (Phi) is 20.3. The van der Waals surface area contributed by atoms with E-state index >= 15 is 0 Å². The van der Waals surface area contributed by atoms with Gasteiger partial charge < -0.3 is 28.4 Å². The van der Waals surface area contributed by atoms with Crippen molar-refractivity contribution in [3.05, 3.63) is 0 Å². The molecule has 0 aliphatic heterocycles. The quantitative estimate of drug-likeness (QED) is 0.106.